The summed E-state index contributed by atoms with van der Waals surface area (Å²) in [5.41, 5.74) is 0.673. The van der Waals surface area contributed by atoms with Crippen LogP contribution in [0.15, 0.2) is 60.7 Å². The van der Waals surface area contributed by atoms with Crippen molar-refractivity contribution in [2.45, 2.75) is 124 Å². The number of nitrogens with zero attached hydrogens (tertiary/aromatic N) is 1. The van der Waals surface area contributed by atoms with Crippen molar-refractivity contribution in [1.82, 2.24) is 15.5 Å². The first kappa shape index (κ1) is 49.6. The molecule has 2 N–H and O–H groups in total. The number of morpholine rings is 1. The molecule has 11 nitrogen and oxygen atoms in total. The fourth-order valence-electron chi connectivity index (χ4n) is 7.52. The van der Waals surface area contributed by atoms with Crippen LogP contribution in [0, 0.1) is 23.7 Å². The lowest BCUT2D eigenvalue weighted by molar-refractivity contribution is -0.155. The highest BCUT2D eigenvalue weighted by atomic mass is 16.5. The molecule has 2 aromatic carbocycles. The highest BCUT2D eigenvalue weighted by molar-refractivity contribution is 5.97. The predicted molar refractivity (Wildman–Crippen MR) is 232 cm³/mol. The minimum absolute atomic E-state index is 0.0231. The number of ketones is 3. The highest BCUT2D eigenvalue weighted by Crippen LogP contribution is 2.23. The Balaban J connectivity index is 1.87. The summed E-state index contributed by atoms with van der Waals surface area (Å²) in [6, 6.07) is 17.6. The second-order valence-electron chi connectivity index (χ2n) is 17.3. The van der Waals surface area contributed by atoms with Crippen molar-refractivity contribution in [2.75, 3.05) is 52.7 Å². The molecule has 1 aliphatic rings. The van der Waals surface area contributed by atoms with Gasteiger partial charge in [-0.2, -0.15) is 0 Å². The SMILES string of the molecule is CCCOC[C@@](C)(OCCC)C(=O)C(CC(C)C)NC(=O)[C@@H](CC(=O)C(CC(C)C)NC(=O)[C@H](CCc1ccccc1)CC(=O)CN1CCOCC1)Cc1ccccc1. The number of hydrogen-bond acceptors (Lipinski definition) is 9. The number of ether oxygens (including phenoxy) is 3. The van der Waals surface area contributed by atoms with Crippen LogP contribution in [0.25, 0.3) is 0 Å². The third-order valence-corrected chi connectivity index (χ3v) is 10.7. The van der Waals surface area contributed by atoms with Gasteiger partial charge in [0.25, 0.3) is 0 Å². The van der Waals surface area contributed by atoms with E-state index in [4.69, 9.17) is 14.2 Å². The Morgan fingerprint density at radius 1 is 0.746 bits per heavy atom. The van der Waals surface area contributed by atoms with E-state index < -0.39 is 35.4 Å². The zero-order valence-electron chi connectivity index (χ0n) is 37.0. The van der Waals surface area contributed by atoms with Gasteiger partial charge < -0.3 is 24.8 Å². The number of carbonyl (C=O) groups excluding carboxylic acids is 5. The second-order valence-corrected chi connectivity index (χ2v) is 17.3. The van der Waals surface area contributed by atoms with Gasteiger partial charge in [-0.05, 0) is 74.8 Å². The van der Waals surface area contributed by atoms with Crippen LogP contribution in [0.3, 0.4) is 0 Å². The molecule has 2 unspecified atom stereocenters. The number of hydrogen-bond donors (Lipinski definition) is 2. The Bertz CT molecular complexity index is 1560. The maximum absolute atomic E-state index is 14.4. The summed E-state index contributed by atoms with van der Waals surface area (Å²) in [5, 5.41) is 6.12. The van der Waals surface area contributed by atoms with Crippen molar-refractivity contribution in [1.29, 1.82) is 0 Å². The number of benzene rings is 2. The lowest BCUT2D eigenvalue weighted by atomic mass is 9.86. The Morgan fingerprint density at radius 3 is 1.90 bits per heavy atom. The number of aryl methyl sites for hydroxylation is 1. The van der Waals surface area contributed by atoms with Gasteiger partial charge in [-0.25, -0.2) is 0 Å². The van der Waals surface area contributed by atoms with Crippen LogP contribution in [0.2, 0.25) is 0 Å². The average Bonchev–Trinajstić information content (AvgIpc) is 3.21. The zero-order chi connectivity index (χ0) is 43.2. The maximum atomic E-state index is 14.4. The number of nitrogens with one attached hydrogen (secondary N) is 2. The molecule has 1 saturated heterocycles. The van der Waals surface area contributed by atoms with Crippen LogP contribution in [0.5, 0.6) is 0 Å². The number of rotatable bonds is 29. The van der Waals surface area contributed by atoms with Crippen molar-refractivity contribution < 1.29 is 38.2 Å². The molecule has 328 valence electrons. The monoisotopic (exact) mass is 820 g/mol. The first-order valence-electron chi connectivity index (χ1n) is 22.0. The van der Waals surface area contributed by atoms with Crippen LogP contribution < -0.4 is 10.6 Å². The standard InChI is InChI=1S/C48H73N3O8/c1-8-24-58-34-48(7,59-25-9-2)45(54)43(29-36(5)6)50-47(56)40(30-38-18-14-11-15-19-38)32-44(53)42(28-35(3)4)49-46(55)39(21-20-37-16-12-10-13-17-37)31-41(52)33-51-22-26-57-27-23-51/h10-19,35-36,39-40,42-43H,8-9,20-34H2,1-7H3,(H,49,55)(H,50,56)/t39-,40-,42?,43?,48-/m1/s1. The lowest BCUT2D eigenvalue weighted by Gasteiger charge is -2.33. The molecule has 0 bridgehead atoms. The molecule has 0 aliphatic carbocycles. The fourth-order valence-corrected chi connectivity index (χ4v) is 7.52. The zero-order valence-corrected chi connectivity index (χ0v) is 37.0. The molecule has 0 saturated carbocycles. The van der Waals surface area contributed by atoms with E-state index in [2.05, 4.69) is 15.5 Å². The molecule has 1 heterocycles. The van der Waals surface area contributed by atoms with Crippen molar-refractivity contribution in [3.63, 3.8) is 0 Å². The smallest absolute Gasteiger partial charge is 0.224 e. The van der Waals surface area contributed by atoms with Gasteiger partial charge in [0.1, 0.15) is 11.4 Å². The summed E-state index contributed by atoms with van der Waals surface area (Å²) < 4.78 is 17.4. The third kappa shape index (κ3) is 18.2. The van der Waals surface area contributed by atoms with Gasteiger partial charge in [0, 0.05) is 51.0 Å². The van der Waals surface area contributed by atoms with Crippen molar-refractivity contribution in [2.24, 2.45) is 23.7 Å². The quantitative estimate of drug-likeness (QED) is 0.0871. The molecular weight excluding hydrogens is 747 g/mol. The van der Waals surface area contributed by atoms with E-state index in [0.29, 0.717) is 71.6 Å². The molecule has 1 aliphatic heterocycles. The Labute approximate surface area is 354 Å². The molecular formula is C48H73N3O8. The maximum Gasteiger partial charge on any atom is 0.224 e. The summed E-state index contributed by atoms with van der Waals surface area (Å²) in [6.07, 6.45) is 3.50. The minimum Gasteiger partial charge on any atom is -0.379 e. The van der Waals surface area contributed by atoms with Gasteiger partial charge in [0.05, 0.1) is 38.4 Å². The number of Topliss-reactive ketones (excluding diaryl/α,β-unsaturated/α-hetero) is 3. The Morgan fingerprint density at radius 2 is 1.31 bits per heavy atom. The molecule has 0 aromatic heterocycles. The molecule has 3 rings (SSSR count). The van der Waals surface area contributed by atoms with E-state index in [1.165, 1.54) is 0 Å². The normalized spacial score (nSPS) is 16.5. The topological polar surface area (TPSA) is 140 Å². The summed E-state index contributed by atoms with van der Waals surface area (Å²) in [6.45, 7) is 17.3. The molecule has 0 radical (unpaired) electrons. The highest BCUT2D eigenvalue weighted by Gasteiger charge is 2.41. The summed E-state index contributed by atoms with van der Waals surface area (Å²) in [4.78, 5) is 72.9. The van der Waals surface area contributed by atoms with Crippen LogP contribution in [-0.4, -0.2) is 104 Å². The molecule has 5 atom stereocenters. The van der Waals surface area contributed by atoms with E-state index >= 15 is 0 Å². The molecule has 1 fully saturated rings. The Kier molecular flexibility index (Phi) is 22.2. The fraction of sp³-hybridized carbons (Fsp3) is 0.646. The van der Waals surface area contributed by atoms with Crippen molar-refractivity contribution in [3.05, 3.63) is 71.8 Å². The van der Waals surface area contributed by atoms with Gasteiger partial charge in [-0.1, -0.05) is 102 Å². The van der Waals surface area contributed by atoms with E-state index in [0.717, 1.165) is 17.5 Å². The minimum atomic E-state index is -1.27. The van der Waals surface area contributed by atoms with Gasteiger partial charge >= 0.3 is 0 Å². The third-order valence-electron chi connectivity index (χ3n) is 10.7. The van der Waals surface area contributed by atoms with E-state index in [-0.39, 0.29) is 67.5 Å². The van der Waals surface area contributed by atoms with Crippen LogP contribution in [0.4, 0.5) is 0 Å². The average molecular weight is 820 g/mol. The molecule has 2 aromatic rings. The summed E-state index contributed by atoms with van der Waals surface area (Å²) >= 11 is 0. The van der Waals surface area contributed by atoms with Crippen molar-refractivity contribution >= 4 is 29.2 Å². The predicted octanol–water partition coefficient (Wildman–Crippen LogP) is 6.59. The van der Waals surface area contributed by atoms with Gasteiger partial charge in [0.15, 0.2) is 11.6 Å². The van der Waals surface area contributed by atoms with Crippen LogP contribution >= 0.6 is 0 Å². The second kappa shape index (κ2) is 26.4. The lowest BCUT2D eigenvalue weighted by Crippen LogP contribution is -2.55. The van der Waals surface area contributed by atoms with E-state index in [9.17, 15) is 24.0 Å². The Hall–Kier alpha value is -3.77. The first-order chi connectivity index (χ1) is 28.2. The van der Waals surface area contributed by atoms with Gasteiger partial charge in [-0.15, -0.1) is 0 Å². The largest absolute Gasteiger partial charge is 0.379 e. The number of carbonyl (C=O) groups is 5. The summed E-state index contributed by atoms with van der Waals surface area (Å²) in [7, 11) is 0. The molecule has 2 amide bonds. The molecule has 11 heteroatoms. The molecule has 59 heavy (non-hydrogen) atoms. The van der Waals surface area contributed by atoms with Gasteiger partial charge in [0.2, 0.25) is 11.8 Å². The van der Waals surface area contributed by atoms with Crippen LogP contribution in [-0.2, 0) is 51.0 Å². The number of amides is 2. The first-order valence-corrected chi connectivity index (χ1v) is 22.0. The van der Waals surface area contributed by atoms with Gasteiger partial charge in [-0.3, -0.25) is 28.9 Å². The van der Waals surface area contributed by atoms with Crippen LogP contribution in [0.1, 0.15) is 105 Å². The van der Waals surface area contributed by atoms with E-state index in [1.807, 2.05) is 102 Å². The summed E-state index contributed by atoms with van der Waals surface area (Å²) in [5.74, 6) is -2.61. The van der Waals surface area contributed by atoms with Crippen molar-refractivity contribution in [3.8, 4) is 0 Å². The molecule has 0 spiro atoms. The van der Waals surface area contributed by atoms with E-state index in [1.54, 1.807) is 6.92 Å².